The first-order valence-electron chi connectivity index (χ1n) is 4.35. The van der Waals surface area contributed by atoms with Crippen molar-refractivity contribution in [1.82, 2.24) is 0 Å². The van der Waals surface area contributed by atoms with E-state index in [2.05, 4.69) is 20.8 Å². The van der Waals surface area contributed by atoms with E-state index in [1.165, 1.54) is 0 Å². The van der Waals surface area contributed by atoms with Gasteiger partial charge >= 0.3 is 5.63 Å². The smallest absolute Gasteiger partial charge is 0.343 e. The molecule has 0 amide bonds. The SMILES string of the molecule is CC(C)(C)c1cc2ccc1oc2=O. The molecule has 2 bridgehead atoms. The number of rotatable bonds is 0. The number of hydrogen-bond acceptors (Lipinski definition) is 2. The van der Waals surface area contributed by atoms with Crippen LogP contribution in [0.1, 0.15) is 26.3 Å². The van der Waals surface area contributed by atoms with Gasteiger partial charge in [-0.25, -0.2) is 4.79 Å². The van der Waals surface area contributed by atoms with Crippen LogP contribution in [-0.2, 0) is 5.41 Å². The van der Waals surface area contributed by atoms with Gasteiger partial charge in [-0.15, -0.1) is 0 Å². The van der Waals surface area contributed by atoms with E-state index in [9.17, 15) is 4.79 Å². The van der Waals surface area contributed by atoms with Gasteiger partial charge in [0.1, 0.15) is 5.58 Å². The van der Waals surface area contributed by atoms with Gasteiger partial charge in [0.05, 0.1) is 5.39 Å². The minimum Gasteiger partial charge on any atom is -0.423 e. The maximum atomic E-state index is 11.2. The third-order valence-corrected chi connectivity index (χ3v) is 2.23. The van der Waals surface area contributed by atoms with Gasteiger partial charge in [0.25, 0.3) is 0 Å². The molecular formula is C11H12O2. The Morgan fingerprint density at radius 3 is 2.31 bits per heavy atom. The van der Waals surface area contributed by atoms with Crippen LogP contribution in [0.3, 0.4) is 0 Å². The van der Waals surface area contributed by atoms with Crippen molar-refractivity contribution >= 4 is 11.0 Å². The molecule has 0 unspecified atom stereocenters. The maximum absolute atomic E-state index is 11.2. The Morgan fingerprint density at radius 2 is 1.92 bits per heavy atom. The summed E-state index contributed by atoms with van der Waals surface area (Å²) in [6, 6.07) is 5.58. The van der Waals surface area contributed by atoms with Gasteiger partial charge in [0.15, 0.2) is 0 Å². The molecule has 13 heavy (non-hydrogen) atoms. The fraction of sp³-hybridized carbons (Fsp3) is 0.364. The molecule has 0 atom stereocenters. The van der Waals surface area contributed by atoms with Crippen LogP contribution < -0.4 is 5.63 Å². The lowest BCUT2D eigenvalue weighted by molar-refractivity contribution is 0.525. The van der Waals surface area contributed by atoms with E-state index < -0.39 is 0 Å². The summed E-state index contributed by atoms with van der Waals surface area (Å²) in [6.07, 6.45) is 0. The molecule has 3 rings (SSSR count). The Labute approximate surface area is 76.5 Å². The molecule has 0 aliphatic carbocycles. The van der Waals surface area contributed by atoms with Crippen molar-refractivity contribution in [2.75, 3.05) is 0 Å². The molecule has 2 nitrogen and oxygen atoms in total. The van der Waals surface area contributed by atoms with E-state index in [1.807, 2.05) is 12.1 Å². The van der Waals surface area contributed by atoms with Crippen LogP contribution in [0.15, 0.2) is 27.4 Å². The molecule has 1 aromatic carbocycles. The zero-order valence-corrected chi connectivity index (χ0v) is 8.05. The first-order chi connectivity index (χ1) is 5.98. The van der Waals surface area contributed by atoms with Gasteiger partial charge in [0.2, 0.25) is 0 Å². The van der Waals surface area contributed by atoms with Gasteiger partial charge in [-0.1, -0.05) is 20.8 Å². The van der Waals surface area contributed by atoms with E-state index in [4.69, 9.17) is 4.42 Å². The van der Waals surface area contributed by atoms with Crippen molar-refractivity contribution in [3.05, 3.63) is 34.2 Å². The van der Waals surface area contributed by atoms with Crippen molar-refractivity contribution in [2.45, 2.75) is 26.2 Å². The summed E-state index contributed by atoms with van der Waals surface area (Å²) < 4.78 is 5.11. The molecular weight excluding hydrogens is 164 g/mol. The van der Waals surface area contributed by atoms with Crippen LogP contribution >= 0.6 is 0 Å². The quantitative estimate of drug-likeness (QED) is 0.617. The normalized spacial score (nSPS) is 12.5. The predicted octanol–water partition coefficient (Wildman–Crippen LogP) is 2.53. The van der Waals surface area contributed by atoms with Gasteiger partial charge in [-0.3, -0.25) is 0 Å². The van der Waals surface area contributed by atoms with E-state index in [1.54, 1.807) is 6.07 Å². The minimum atomic E-state index is -0.231. The second kappa shape index (κ2) is 2.34. The highest BCUT2D eigenvalue weighted by Crippen LogP contribution is 2.28. The lowest BCUT2D eigenvalue weighted by Gasteiger charge is -2.20. The Hall–Kier alpha value is -1.31. The van der Waals surface area contributed by atoms with Gasteiger partial charge in [0, 0.05) is 5.56 Å². The Balaban J connectivity index is 2.79. The van der Waals surface area contributed by atoms with Crippen LogP contribution in [0, 0.1) is 0 Å². The lowest BCUT2D eigenvalue weighted by atomic mass is 9.86. The molecule has 0 saturated heterocycles. The second-order valence-corrected chi connectivity index (χ2v) is 4.35. The van der Waals surface area contributed by atoms with Crippen LogP contribution in [0.2, 0.25) is 0 Å². The molecule has 0 radical (unpaired) electrons. The largest absolute Gasteiger partial charge is 0.423 e. The van der Waals surface area contributed by atoms with E-state index in [0.29, 0.717) is 11.0 Å². The summed E-state index contributed by atoms with van der Waals surface area (Å²) in [5.74, 6) is 0. The first kappa shape index (κ1) is 8.30. The van der Waals surface area contributed by atoms with Crippen LogP contribution in [0.5, 0.6) is 0 Å². The van der Waals surface area contributed by atoms with Gasteiger partial charge in [-0.2, -0.15) is 0 Å². The zero-order valence-electron chi connectivity index (χ0n) is 8.05. The molecule has 3 aromatic rings. The average molecular weight is 176 g/mol. The van der Waals surface area contributed by atoms with Crippen LogP contribution in [0.4, 0.5) is 0 Å². The molecule has 0 N–H and O–H groups in total. The molecule has 0 aliphatic heterocycles. The predicted molar refractivity (Wildman–Crippen MR) is 52.4 cm³/mol. The van der Waals surface area contributed by atoms with Gasteiger partial charge in [-0.05, 0) is 23.6 Å². The van der Waals surface area contributed by atoms with Crippen molar-refractivity contribution in [3.8, 4) is 0 Å². The molecule has 0 fully saturated rings. The van der Waals surface area contributed by atoms with E-state index >= 15 is 0 Å². The monoisotopic (exact) mass is 176 g/mol. The second-order valence-electron chi connectivity index (χ2n) is 4.35. The molecule has 2 heterocycles. The highest BCUT2D eigenvalue weighted by atomic mass is 16.4. The highest BCUT2D eigenvalue weighted by molar-refractivity contribution is 5.67. The Bertz CT molecular complexity index is 474. The van der Waals surface area contributed by atoms with Crippen LogP contribution in [0.25, 0.3) is 11.0 Å². The molecule has 0 saturated carbocycles. The number of fused-ring (bicyclic) bond motifs is 3. The third-order valence-electron chi connectivity index (χ3n) is 2.23. The summed E-state index contributed by atoms with van der Waals surface area (Å²) in [5.41, 5.74) is 1.61. The summed E-state index contributed by atoms with van der Waals surface area (Å²) >= 11 is 0. The lowest BCUT2D eigenvalue weighted by Crippen LogP contribution is -2.14. The third kappa shape index (κ3) is 1.22. The van der Waals surface area contributed by atoms with Crippen molar-refractivity contribution < 1.29 is 4.42 Å². The highest BCUT2D eigenvalue weighted by Gasteiger charge is 2.19. The topological polar surface area (TPSA) is 30.2 Å². The molecule has 68 valence electrons. The first-order valence-corrected chi connectivity index (χ1v) is 4.35. The summed E-state index contributed by atoms with van der Waals surface area (Å²) in [7, 11) is 0. The fourth-order valence-electron chi connectivity index (χ4n) is 1.49. The molecule has 2 heteroatoms. The standard InChI is InChI=1S/C11H12O2/c1-11(2,3)8-6-7-4-5-9(8)13-10(7)12/h4-6H,1-3H3. The van der Waals surface area contributed by atoms with Gasteiger partial charge < -0.3 is 4.42 Å². The van der Waals surface area contributed by atoms with E-state index in [-0.39, 0.29) is 11.0 Å². The van der Waals surface area contributed by atoms with Crippen LogP contribution in [-0.4, -0.2) is 0 Å². The zero-order chi connectivity index (χ0) is 9.64. The Kier molecular flexibility index (Phi) is 1.50. The van der Waals surface area contributed by atoms with Crippen molar-refractivity contribution in [3.63, 3.8) is 0 Å². The number of hydrogen-bond donors (Lipinski definition) is 0. The number of benzene rings is 1. The maximum Gasteiger partial charge on any atom is 0.343 e. The minimum absolute atomic E-state index is 0.0338. The molecule has 0 spiro atoms. The molecule has 0 aliphatic rings. The van der Waals surface area contributed by atoms with Crippen molar-refractivity contribution in [2.24, 2.45) is 0 Å². The van der Waals surface area contributed by atoms with E-state index in [0.717, 1.165) is 5.56 Å². The average Bonchev–Trinajstić information content (AvgIpc) is 2.03. The van der Waals surface area contributed by atoms with Crippen molar-refractivity contribution in [1.29, 1.82) is 0 Å². The summed E-state index contributed by atoms with van der Waals surface area (Å²) in [5, 5.41) is 0.653. The fourth-order valence-corrected chi connectivity index (χ4v) is 1.49. The summed E-state index contributed by atoms with van der Waals surface area (Å²) in [6.45, 7) is 6.32. The molecule has 2 aromatic heterocycles. The Morgan fingerprint density at radius 1 is 1.23 bits per heavy atom. The summed E-state index contributed by atoms with van der Waals surface area (Å²) in [4.78, 5) is 11.2.